The molecular formula is C19H21FN4O2. The third-order valence-electron chi connectivity index (χ3n) is 4.12. The third-order valence-corrected chi connectivity index (χ3v) is 4.12. The molecule has 2 heterocycles. The number of morpholine rings is 1. The molecule has 1 aromatic carbocycles. The number of nitrogens with one attached hydrogen (secondary N) is 1. The summed E-state index contributed by atoms with van der Waals surface area (Å²) >= 11 is 0. The summed E-state index contributed by atoms with van der Waals surface area (Å²) in [6.07, 6.45) is 2.74. The van der Waals surface area contributed by atoms with Gasteiger partial charge in [-0.05, 0) is 26.0 Å². The number of nitrogens with zero attached hydrogens (tertiary/aromatic N) is 3. The van der Waals surface area contributed by atoms with Crippen molar-refractivity contribution in [2.24, 2.45) is 0 Å². The van der Waals surface area contributed by atoms with E-state index < -0.39 is 0 Å². The molecule has 1 aliphatic heterocycles. The van der Waals surface area contributed by atoms with Crippen LogP contribution in [0.25, 0.3) is 6.08 Å². The van der Waals surface area contributed by atoms with Crippen LogP contribution in [-0.4, -0.2) is 42.2 Å². The molecule has 1 amide bonds. The van der Waals surface area contributed by atoms with Gasteiger partial charge in [0.2, 0.25) is 11.9 Å². The maximum absolute atomic E-state index is 13.6. The molecule has 0 spiro atoms. The second-order valence-electron chi connectivity index (χ2n) is 6.01. The van der Waals surface area contributed by atoms with Crippen LogP contribution in [0.4, 0.5) is 16.0 Å². The van der Waals surface area contributed by atoms with E-state index in [1.807, 2.05) is 13.8 Å². The van der Waals surface area contributed by atoms with Crippen molar-refractivity contribution in [2.75, 3.05) is 36.5 Å². The number of amides is 1. The topological polar surface area (TPSA) is 67.3 Å². The molecule has 3 rings (SSSR count). The first-order chi connectivity index (χ1) is 12.5. The number of hydrogen-bond donors (Lipinski definition) is 1. The van der Waals surface area contributed by atoms with Crippen molar-refractivity contribution in [1.29, 1.82) is 0 Å². The lowest BCUT2D eigenvalue weighted by molar-refractivity contribution is -0.111. The van der Waals surface area contributed by atoms with Gasteiger partial charge >= 0.3 is 0 Å². The molecule has 1 fully saturated rings. The molecule has 6 nitrogen and oxygen atoms in total. The van der Waals surface area contributed by atoms with Gasteiger partial charge in [0, 0.05) is 24.7 Å². The van der Waals surface area contributed by atoms with Crippen LogP contribution in [0.3, 0.4) is 0 Å². The third kappa shape index (κ3) is 4.23. The normalized spacial score (nSPS) is 14.7. The van der Waals surface area contributed by atoms with Crippen LogP contribution in [0, 0.1) is 19.7 Å². The average Bonchev–Trinajstić information content (AvgIpc) is 2.64. The second-order valence-corrected chi connectivity index (χ2v) is 6.01. The molecule has 1 aliphatic rings. The summed E-state index contributed by atoms with van der Waals surface area (Å²) in [5.74, 6) is -0.0903. The van der Waals surface area contributed by atoms with Crippen LogP contribution in [0.1, 0.15) is 17.0 Å². The van der Waals surface area contributed by atoms with E-state index in [9.17, 15) is 9.18 Å². The maximum atomic E-state index is 13.6. The number of ether oxygens (including phenoxy) is 1. The van der Waals surface area contributed by atoms with Gasteiger partial charge in [-0.2, -0.15) is 0 Å². The van der Waals surface area contributed by atoms with Crippen molar-refractivity contribution in [3.63, 3.8) is 0 Å². The molecular weight excluding hydrogens is 335 g/mol. The van der Waals surface area contributed by atoms with Gasteiger partial charge in [-0.15, -0.1) is 0 Å². The van der Waals surface area contributed by atoms with E-state index in [1.165, 1.54) is 18.2 Å². The van der Waals surface area contributed by atoms with Crippen molar-refractivity contribution in [2.45, 2.75) is 13.8 Å². The summed E-state index contributed by atoms with van der Waals surface area (Å²) in [6.45, 7) is 6.46. The minimum absolute atomic E-state index is 0.356. The zero-order valence-corrected chi connectivity index (χ0v) is 14.8. The van der Waals surface area contributed by atoms with Gasteiger partial charge in [0.05, 0.1) is 30.3 Å². The lowest BCUT2D eigenvalue weighted by Gasteiger charge is -2.27. The second kappa shape index (κ2) is 8.05. The molecule has 1 N–H and O–H groups in total. The Morgan fingerprint density at radius 3 is 2.50 bits per heavy atom. The van der Waals surface area contributed by atoms with Crippen LogP contribution in [0.2, 0.25) is 0 Å². The minimum atomic E-state index is -0.373. The fourth-order valence-corrected chi connectivity index (χ4v) is 2.72. The molecule has 2 aromatic rings. The van der Waals surface area contributed by atoms with E-state index >= 15 is 0 Å². The first-order valence-electron chi connectivity index (χ1n) is 8.46. The highest BCUT2D eigenvalue weighted by Crippen LogP contribution is 2.21. The Hall–Kier alpha value is -2.80. The monoisotopic (exact) mass is 356 g/mol. The molecule has 0 atom stereocenters. The first kappa shape index (κ1) is 18.0. The molecule has 0 saturated carbocycles. The number of anilines is 2. The largest absolute Gasteiger partial charge is 0.378 e. The smallest absolute Gasteiger partial charge is 0.248 e. The fraction of sp³-hybridized carbons (Fsp3) is 0.316. The van der Waals surface area contributed by atoms with Crippen LogP contribution >= 0.6 is 0 Å². The predicted octanol–water partition coefficient (Wildman–Crippen LogP) is 2.72. The highest BCUT2D eigenvalue weighted by Gasteiger charge is 2.17. The summed E-state index contributed by atoms with van der Waals surface area (Å²) in [5, 5.41) is 2.78. The molecule has 0 unspecified atom stereocenters. The van der Waals surface area contributed by atoms with Crippen LogP contribution in [-0.2, 0) is 9.53 Å². The Labute approximate surface area is 151 Å². The number of rotatable bonds is 4. The van der Waals surface area contributed by atoms with Gasteiger partial charge in [-0.1, -0.05) is 18.2 Å². The molecule has 0 aliphatic carbocycles. The van der Waals surface area contributed by atoms with Gasteiger partial charge in [0.15, 0.2) is 0 Å². The molecule has 26 heavy (non-hydrogen) atoms. The molecule has 0 bridgehead atoms. The number of aromatic nitrogens is 2. The quantitative estimate of drug-likeness (QED) is 0.853. The first-order valence-corrected chi connectivity index (χ1v) is 8.46. The van der Waals surface area contributed by atoms with E-state index in [1.54, 1.807) is 18.2 Å². The zero-order valence-electron chi connectivity index (χ0n) is 14.8. The Kier molecular flexibility index (Phi) is 5.58. The Bertz CT molecular complexity index is 809. The summed E-state index contributed by atoms with van der Waals surface area (Å²) in [7, 11) is 0. The number of aryl methyl sites for hydroxylation is 2. The SMILES string of the molecule is Cc1nc(N2CCOCC2)nc(C)c1NC(=O)/C=C/c1ccccc1F. The molecule has 0 radical (unpaired) electrons. The Morgan fingerprint density at radius 2 is 1.85 bits per heavy atom. The summed E-state index contributed by atoms with van der Waals surface area (Å²) in [4.78, 5) is 23.3. The minimum Gasteiger partial charge on any atom is -0.378 e. The number of carbonyl (C=O) groups is 1. The molecule has 1 aromatic heterocycles. The van der Waals surface area contributed by atoms with E-state index in [0.717, 1.165) is 13.1 Å². The lowest BCUT2D eigenvalue weighted by Crippen LogP contribution is -2.37. The predicted molar refractivity (Wildman–Crippen MR) is 98.6 cm³/mol. The summed E-state index contributed by atoms with van der Waals surface area (Å²) in [6, 6.07) is 6.28. The van der Waals surface area contributed by atoms with Crippen molar-refractivity contribution in [3.8, 4) is 0 Å². The van der Waals surface area contributed by atoms with Crippen LogP contribution in [0.15, 0.2) is 30.3 Å². The van der Waals surface area contributed by atoms with E-state index in [2.05, 4.69) is 20.2 Å². The van der Waals surface area contributed by atoms with Gasteiger partial charge < -0.3 is 15.0 Å². The van der Waals surface area contributed by atoms with Crippen molar-refractivity contribution < 1.29 is 13.9 Å². The van der Waals surface area contributed by atoms with Crippen molar-refractivity contribution >= 4 is 23.6 Å². The number of hydrogen-bond acceptors (Lipinski definition) is 5. The average molecular weight is 356 g/mol. The highest BCUT2D eigenvalue weighted by molar-refractivity contribution is 6.02. The Balaban J connectivity index is 1.73. The van der Waals surface area contributed by atoms with E-state index in [0.29, 0.717) is 41.8 Å². The lowest BCUT2D eigenvalue weighted by atomic mass is 10.2. The van der Waals surface area contributed by atoms with Gasteiger partial charge in [-0.3, -0.25) is 4.79 Å². The number of carbonyl (C=O) groups excluding carboxylic acids is 1. The number of halogens is 1. The van der Waals surface area contributed by atoms with Gasteiger partial charge in [0.1, 0.15) is 5.82 Å². The standard InChI is InChI=1S/C19H21FN4O2/c1-13-18(14(2)22-19(21-13)24-9-11-26-12-10-24)23-17(25)8-7-15-5-3-4-6-16(15)20/h3-8H,9-12H2,1-2H3,(H,23,25)/b8-7+. The molecule has 136 valence electrons. The fourth-order valence-electron chi connectivity index (χ4n) is 2.72. The summed E-state index contributed by atoms with van der Waals surface area (Å²) in [5.41, 5.74) is 2.30. The Morgan fingerprint density at radius 1 is 1.19 bits per heavy atom. The van der Waals surface area contributed by atoms with Crippen molar-refractivity contribution in [3.05, 3.63) is 53.1 Å². The van der Waals surface area contributed by atoms with E-state index in [-0.39, 0.29) is 11.7 Å². The van der Waals surface area contributed by atoms with Crippen molar-refractivity contribution in [1.82, 2.24) is 9.97 Å². The number of benzene rings is 1. The van der Waals surface area contributed by atoms with Crippen LogP contribution < -0.4 is 10.2 Å². The van der Waals surface area contributed by atoms with Gasteiger partial charge in [-0.25, -0.2) is 14.4 Å². The molecule has 7 heteroatoms. The zero-order chi connectivity index (χ0) is 18.5. The summed E-state index contributed by atoms with van der Waals surface area (Å²) < 4.78 is 18.9. The van der Waals surface area contributed by atoms with E-state index in [4.69, 9.17) is 4.74 Å². The molecule has 1 saturated heterocycles. The maximum Gasteiger partial charge on any atom is 0.248 e. The van der Waals surface area contributed by atoms with Gasteiger partial charge in [0.25, 0.3) is 0 Å². The van der Waals surface area contributed by atoms with Crippen LogP contribution in [0.5, 0.6) is 0 Å². The highest BCUT2D eigenvalue weighted by atomic mass is 19.1.